The van der Waals surface area contributed by atoms with E-state index in [0.29, 0.717) is 5.92 Å². The van der Waals surface area contributed by atoms with Crippen molar-refractivity contribution in [2.75, 3.05) is 0 Å². The van der Waals surface area contributed by atoms with Gasteiger partial charge in [0.25, 0.3) is 0 Å². The molecule has 0 aromatic carbocycles. The molecule has 0 N–H and O–H groups in total. The molecule has 0 aromatic heterocycles. The predicted octanol–water partition coefficient (Wildman–Crippen LogP) is 3.95. The lowest BCUT2D eigenvalue weighted by atomic mass is 9.85. The Bertz CT molecular complexity index is 206. The Labute approximate surface area is 76.4 Å². The van der Waals surface area contributed by atoms with Crippen LogP contribution in [0.15, 0.2) is 23.3 Å². The van der Waals surface area contributed by atoms with Crippen LogP contribution in [0.25, 0.3) is 0 Å². The van der Waals surface area contributed by atoms with E-state index in [1.807, 2.05) is 0 Å². The molecule has 0 fully saturated rings. The normalized spacial score (nSPS) is 27.9. The van der Waals surface area contributed by atoms with Gasteiger partial charge in [0.2, 0.25) is 0 Å². The fourth-order valence-corrected chi connectivity index (χ4v) is 1.85. The van der Waals surface area contributed by atoms with Crippen LogP contribution < -0.4 is 0 Å². The van der Waals surface area contributed by atoms with Crippen molar-refractivity contribution in [3.05, 3.63) is 23.3 Å². The van der Waals surface area contributed by atoms with Gasteiger partial charge in [-0.1, -0.05) is 44.1 Å². The molecule has 0 aliphatic heterocycles. The van der Waals surface area contributed by atoms with Crippen LogP contribution >= 0.6 is 0 Å². The molecule has 12 heavy (non-hydrogen) atoms. The summed E-state index contributed by atoms with van der Waals surface area (Å²) in [4.78, 5) is 0. The molecule has 0 nitrogen and oxygen atoms in total. The van der Waals surface area contributed by atoms with Gasteiger partial charge >= 0.3 is 0 Å². The Balaban J connectivity index is 2.69. The van der Waals surface area contributed by atoms with Crippen LogP contribution in [0, 0.1) is 11.8 Å². The molecule has 1 aliphatic carbocycles. The third-order valence-corrected chi connectivity index (χ3v) is 2.49. The summed E-state index contributed by atoms with van der Waals surface area (Å²) in [5.41, 5.74) is 3.19. The minimum absolute atomic E-state index is 0.703. The highest BCUT2D eigenvalue weighted by Crippen LogP contribution is 2.29. The Morgan fingerprint density at radius 2 is 2.17 bits per heavy atom. The molecule has 0 heterocycles. The molecule has 1 rings (SSSR count). The number of allylic oxidation sites excluding steroid dienone is 4. The van der Waals surface area contributed by atoms with E-state index in [-0.39, 0.29) is 0 Å². The average Bonchev–Trinajstić information content (AvgIpc) is 1.94. The minimum Gasteiger partial charge on any atom is -0.0822 e. The zero-order chi connectivity index (χ0) is 9.14. The first-order valence-electron chi connectivity index (χ1n) is 4.96. The number of rotatable bonds is 1. The highest BCUT2D eigenvalue weighted by molar-refractivity contribution is 5.20. The summed E-state index contributed by atoms with van der Waals surface area (Å²) in [6.07, 6.45) is 7.24. The monoisotopic (exact) mass is 164 g/mol. The van der Waals surface area contributed by atoms with Gasteiger partial charge in [0.1, 0.15) is 0 Å². The molecular formula is C12H20. The molecule has 0 bridgehead atoms. The Morgan fingerprint density at radius 3 is 2.67 bits per heavy atom. The maximum absolute atomic E-state index is 2.42. The van der Waals surface area contributed by atoms with Crippen LogP contribution in [0.2, 0.25) is 0 Å². The highest BCUT2D eigenvalue weighted by Gasteiger charge is 2.13. The summed E-state index contributed by atoms with van der Waals surface area (Å²) in [5, 5.41) is 0. The van der Waals surface area contributed by atoms with Crippen molar-refractivity contribution in [2.24, 2.45) is 11.8 Å². The van der Waals surface area contributed by atoms with E-state index < -0.39 is 0 Å². The molecule has 0 heteroatoms. The van der Waals surface area contributed by atoms with Crippen molar-refractivity contribution in [3.8, 4) is 0 Å². The lowest BCUT2D eigenvalue weighted by Gasteiger charge is -2.21. The lowest BCUT2D eigenvalue weighted by Crippen LogP contribution is -2.06. The molecule has 1 aliphatic rings. The van der Waals surface area contributed by atoms with Gasteiger partial charge in [0, 0.05) is 0 Å². The summed E-state index contributed by atoms with van der Waals surface area (Å²) in [7, 11) is 0. The first kappa shape index (κ1) is 9.57. The quantitative estimate of drug-likeness (QED) is 0.515. The van der Waals surface area contributed by atoms with Gasteiger partial charge in [-0.2, -0.15) is 0 Å². The predicted molar refractivity (Wildman–Crippen MR) is 55.1 cm³/mol. The summed E-state index contributed by atoms with van der Waals surface area (Å²) in [5.74, 6) is 1.48. The van der Waals surface area contributed by atoms with Crippen LogP contribution in [0.1, 0.15) is 40.5 Å². The highest BCUT2D eigenvalue weighted by atomic mass is 14.2. The van der Waals surface area contributed by atoms with Gasteiger partial charge in [0.05, 0.1) is 0 Å². The second-order valence-electron chi connectivity index (χ2n) is 4.35. The fourth-order valence-electron chi connectivity index (χ4n) is 1.85. The molecule has 0 radical (unpaired) electrons. The second-order valence-corrected chi connectivity index (χ2v) is 4.35. The maximum Gasteiger partial charge on any atom is -0.0133 e. The van der Waals surface area contributed by atoms with Crippen LogP contribution in [0.3, 0.4) is 0 Å². The molecule has 0 amide bonds. The third-order valence-electron chi connectivity index (χ3n) is 2.49. The van der Waals surface area contributed by atoms with E-state index in [4.69, 9.17) is 0 Å². The largest absolute Gasteiger partial charge is 0.0822 e. The summed E-state index contributed by atoms with van der Waals surface area (Å²) in [6, 6.07) is 0. The van der Waals surface area contributed by atoms with Crippen molar-refractivity contribution >= 4 is 0 Å². The summed E-state index contributed by atoms with van der Waals surface area (Å²) >= 11 is 0. The SMILES string of the molecule is CC1=CC/C(=C/C(C)C)C(C)C1. The van der Waals surface area contributed by atoms with E-state index in [9.17, 15) is 0 Å². The maximum atomic E-state index is 2.42. The van der Waals surface area contributed by atoms with Crippen LogP contribution in [-0.2, 0) is 0 Å². The Hall–Kier alpha value is -0.520. The average molecular weight is 164 g/mol. The van der Waals surface area contributed by atoms with Gasteiger partial charge in [-0.05, 0) is 31.6 Å². The molecule has 0 spiro atoms. The smallest absolute Gasteiger partial charge is 0.0133 e. The van der Waals surface area contributed by atoms with Crippen LogP contribution in [-0.4, -0.2) is 0 Å². The van der Waals surface area contributed by atoms with Gasteiger partial charge < -0.3 is 0 Å². The lowest BCUT2D eigenvalue weighted by molar-refractivity contribution is 0.620. The standard InChI is InChI=1S/C12H20/c1-9(2)7-12-6-5-10(3)8-11(12)4/h5,7,9,11H,6,8H2,1-4H3/b12-7-. The van der Waals surface area contributed by atoms with Crippen molar-refractivity contribution in [1.82, 2.24) is 0 Å². The van der Waals surface area contributed by atoms with E-state index in [1.165, 1.54) is 12.8 Å². The van der Waals surface area contributed by atoms with E-state index in [2.05, 4.69) is 39.8 Å². The molecule has 0 saturated carbocycles. The number of hydrogen-bond acceptors (Lipinski definition) is 0. The Kier molecular flexibility index (Phi) is 3.13. The molecule has 1 atom stereocenters. The molecular weight excluding hydrogens is 144 g/mol. The van der Waals surface area contributed by atoms with Gasteiger partial charge in [-0.15, -0.1) is 0 Å². The number of hydrogen-bond donors (Lipinski definition) is 0. The van der Waals surface area contributed by atoms with Crippen LogP contribution in [0.5, 0.6) is 0 Å². The molecule has 1 unspecified atom stereocenters. The fraction of sp³-hybridized carbons (Fsp3) is 0.667. The molecule has 0 saturated heterocycles. The van der Waals surface area contributed by atoms with Crippen molar-refractivity contribution in [3.63, 3.8) is 0 Å². The topological polar surface area (TPSA) is 0 Å². The molecule has 68 valence electrons. The zero-order valence-electron chi connectivity index (χ0n) is 8.72. The van der Waals surface area contributed by atoms with E-state index >= 15 is 0 Å². The van der Waals surface area contributed by atoms with Crippen molar-refractivity contribution < 1.29 is 0 Å². The Morgan fingerprint density at radius 1 is 1.50 bits per heavy atom. The second kappa shape index (κ2) is 3.93. The zero-order valence-corrected chi connectivity index (χ0v) is 8.72. The van der Waals surface area contributed by atoms with Crippen molar-refractivity contribution in [1.29, 1.82) is 0 Å². The van der Waals surface area contributed by atoms with E-state index in [1.54, 1.807) is 11.1 Å². The van der Waals surface area contributed by atoms with E-state index in [0.717, 1.165) is 5.92 Å². The third kappa shape index (κ3) is 2.51. The van der Waals surface area contributed by atoms with Gasteiger partial charge in [-0.3, -0.25) is 0 Å². The van der Waals surface area contributed by atoms with Crippen LogP contribution in [0.4, 0.5) is 0 Å². The first-order chi connectivity index (χ1) is 5.59. The first-order valence-corrected chi connectivity index (χ1v) is 4.96. The summed E-state index contributed by atoms with van der Waals surface area (Å²) < 4.78 is 0. The molecule has 0 aromatic rings. The van der Waals surface area contributed by atoms with Crippen molar-refractivity contribution in [2.45, 2.75) is 40.5 Å². The minimum atomic E-state index is 0.703. The van der Waals surface area contributed by atoms with Gasteiger partial charge in [-0.25, -0.2) is 0 Å². The summed E-state index contributed by atoms with van der Waals surface area (Å²) in [6.45, 7) is 9.09. The van der Waals surface area contributed by atoms with Gasteiger partial charge in [0.15, 0.2) is 0 Å².